The number of carbonyl (C=O) groups is 2. The van der Waals surface area contributed by atoms with Crippen LogP contribution in [0.25, 0.3) is 0 Å². The van der Waals surface area contributed by atoms with E-state index in [1.165, 1.54) is 0 Å². The van der Waals surface area contributed by atoms with E-state index in [0.29, 0.717) is 19.3 Å². The Morgan fingerprint density at radius 2 is 2.06 bits per heavy atom. The Morgan fingerprint density at radius 3 is 2.61 bits per heavy atom. The molecule has 0 aromatic heterocycles. The number of sulfone groups is 1. The molecule has 0 aromatic carbocycles. The van der Waals surface area contributed by atoms with E-state index < -0.39 is 32.9 Å². The topological polar surface area (TPSA) is 101 Å². The van der Waals surface area contributed by atoms with Gasteiger partial charge in [0.1, 0.15) is 5.25 Å². The predicted molar refractivity (Wildman–Crippen MR) is 65.9 cm³/mol. The summed E-state index contributed by atoms with van der Waals surface area (Å²) in [6.07, 6.45) is 2.02. The second-order valence-corrected chi connectivity index (χ2v) is 6.97. The van der Waals surface area contributed by atoms with E-state index in [-0.39, 0.29) is 12.3 Å². The molecule has 0 saturated carbocycles. The van der Waals surface area contributed by atoms with Crippen molar-refractivity contribution < 1.29 is 23.1 Å². The fraction of sp³-hybridized carbons (Fsp3) is 0.818. The summed E-state index contributed by atoms with van der Waals surface area (Å²) in [6.45, 7) is 1.74. The normalized spacial score (nSPS) is 24.2. The summed E-state index contributed by atoms with van der Waals surface area (Å²) in [4.78, 5) is 22.3. The van der Waals surface area contributed by atoms with Crippen molar-refractivity contribution in [2.45, 2.75) is 37.9 Å². The van der Waals surface area contributed by atoms with Gasteiger partial charge in [-0.2, -0.15) is 0 Å². The molecule has 1 rings (SSSR count). The molecule has 18 heavy (non-hydrogen) atoms. The van der Waals surface area contributed by atoms with E-state index in [1.807, 2.05) is 0 Å². The third-order valence-electron chi connectivity index (χ3n) is 3.17. The average molecular weight is 277 g/mol. The summed E-state index contributed by atoms with van der Waals surface area (Å²) in [5.74, 6) is -1.90. The summed E-state index contributed by atoms with van der Waals surface area (Å²) < 4.78 is 23.3. The summed E-state index contributed by atoms with van der Waals surface area (Å²) in [5.41, 5.74) is 0. The van der Waals surface area contributed by atoms with Crippen LogP contribution >= 0.6 is 0 Å². The molecule has 2 unspecified atom stereocenters. The Kier molecular flexibility index (Phi) is 5.13. The van der Waals surface area contributed by atoms with Crippen LogP contribution in [0.2, 0.25) is 0 Å². The summed E-state index contributed by atoms with van der Waals surface area (Å²) >= 11 is 0. The van der Waals surface area contributed by atoms with Crippen LogP contribution < -0.4 is 5.32 Å². The van der Waals surface area contributed by atoms with Crippen molar-refractivity contribution in [3.63, 3.8) is 0 Å². The fourth-order valence-corrected chi connectivity index (χ4v) is 3.72. The largest absolute Gasteiger partial charge is 0.481 e. The lowest BCUT2D eigenvalue weighted by atomic mass is 10.1. The van der Waals surface area contributed by atoms with Crippen molar-refractivity contribution in [1.82, 2.24) is 5.32 Å². The summed E-state index contributed by atoms with van der Waals surface area (Å²) in [6, 6.07) is 0. The minimum Gasteiger partial charge on any atom is -0.481 e. The number of carboxylic acids is 1. The van der Waals surface area contributed by atoms with Crippen LogP contribution in [-0.2, 0) is 19.4 Å². The highest BCUT2D eigenvalue weighted by Gasteiger charge is 2.34. The molecule has 104 valence electrons. The van der Waals surface area contributed by atoms with Crippen molar-refractivity contribution in [1.29, 1.82) is 0 Å². The molecule has 2 N–H and O–H groups in total. The third-order valence-corrected chi connectivity index (χ3v) is 5.34. The minimum absolute atomic E-state index is 0.0661. The van der Waals surface area contributed by atoms with Gasteiger partial charge in [0.25, 0.3) is 0 Å². The Bertz CT molecular complexity index is 417. The maximum Gasteiger partial charge on any atom is 0.306 e. The maximum absolute atomic E-state index is 11.7. The molecule has 1 amide bonds. The first kappa shape index (κ1) is 14.9. The van der Waals surface area contributed by atoms with E-state index in [0.717, 1.165) is 6.42 Å². The number of nitrogens with one attached hydrogen (secondary N) is 1. The van der Waals surface area contributed by atoms with Gasteiger partial charge in [0.15, 0.2) is 9.84 Å². The van der Waals surface area contributed by atoms with Gasteiger partial charge in [0.05, 0.1) is 11.7 Å². The van der Waals surface area contributed by atoms with Crippen molar-refractivity contribution in [3.05, 3.63) is 0 Å². The first-order chi connectivity index (χ1) is 8.34. The standard InChI is InChI=1S/C11H19NO5S/c1-8(11(14)15)5-6-12-10(13)9-4-2-3-7-18(9,16)17/h8-9H,2-7H2,1H3,(H,12,13)(H,14,15). The first-order valence-electron chi connectivity index (χ1n) is 6.06. The van der Waals surface area contributed by atoms with Gasteiger partial charge in [-0.1, -0.05) is 13.3 Å². The van der Waals surface area contributed by atoms with E-state index in [9.17, 15) is 18.0 Å². The van der Waals surface area contributed by atoms with Crippen LogP contribution in [0.15, 0.2) is 0 Å². The highest BCUT2D eigenvalue weighted by molar-refractivity contribution is 7.92. The highest BCUT2D eigenvalue weighted by Crippen LogP contribution is 2.19. The molecule has 0 aliphatic carbocycles. The number of carbonyl (C=O) groups excluding carboxylic acids is 1. The van der Waals surface area contributed by atoms with Gasteiger partial charge in [0.2, 0.25) is 5.91 Å². The van der Waals surface area contributed by atoms with E-state index in [2.05, 4.69) is 5.32 Å². The van der Waals surface area contributed by atoms with Crippen molar-refractivity contribution in [2.24, 2.45) is 5.92 Å². The molecular weight excluding hydrogens is 258 g/mol. The van der Waals surface area contributed by atoms with E-state index in [4.69, 9.17) is 5.11 Å². The SMILES string of the molecule is CC(CCNC(=O)C1CCCCS1(=O)=O)C(=O)O. The van der Waals surface area contributed by atoms with Crippen molar-refractivity contribution in [2.75, 3.05) is 12.3 Å². The molecule has 2 atom stereocenters. The first-order valence-corrected chi connectivity index (χ1v) is 7.78. The zero-order chi connectivity index (χ0) is 13.8. The molecular formula is C11H19NO5S. The number of rotatable bonds is 5. The highest BCUT2D eigenvalue weighted by atomic mass is 32.2. The Hall–Kier alpha value is -1.11. The molecule has 1 aliphatic rings. The lowest BCUT2D eigenvalue weighted by molar-refractivity contribution is -0.141. The predicted octanol–water partition coefficient (Wildman–Crippen LogP) is 0.181. The van der Waals surface area contributed by atoms with E-state index in [1.54, 1.807) is 6.92 Å². The van der Waals surface area contributed by atoms with Crippen molar-refractivity contribution in [3.8, 4) is 0 Å². The van der Waals surface area contributed by atoms with E-state index >= 15 is 0 Å². The number of amides is 1. The molecule has 0 aromatic rings. The van der Waals surface area contributed by atoms with Gasteiger partial charge in [-0.3, -0.25) is 9.59 Å². The molecule has 0 spiro atoms. The van der Waals surface area contributed by atoms with Crippen LogP contribution in [0.5, 0.6) is 0 Å². The Labute approximate surface area is 107 Å². The second-order valence-electron chi connectivity index (χ2n) is 4.67. The maximum atomic E-state index is 11.7. The lowest BCUT2D eigenvalue weighted by Gasteiger charge is -2.21. The van der Waals surface area contributed by atoms with Gasteiger partial charge < -0.3 is 10.4 Å². The molecule has 6 nitrogen and oxygen atoms in total. The second kappa shape index (κ2) is 6.17. The van der Waals surface area contributed by atoms with Gasteiger partial charge in [-0.05, 0) is 19.3 Å². The van der Waals surface area contributed by atoms with Crippen LogP contribution in [0.1, 0.15) is 32.6 Å². The van der Waals surface area contributed by atoms with Gasteiger partial charge >= 0.3 is 5.97 Å². The van der Waals surface area contributed by atoms with Crippen molar-refractivity contribution >= 4 is 21.7 Å². The zero-order valence-electron chi connectivity index (χ0n) is 10.4. The van der Waals surface area contributed by atoms with Gasteiger partial charge in [0, 0.05) is 6.54 Å². The zero-order valence-corrected chi connectivity index (χ0v) is 11.2. The summed E-state index contributed by atoms with van der Waals surface area (Å²) in [5, 5.41) is 10.2. The molecule has 1 fully saturated rings. The summed E-state index contributed by atoms with van der Waals surface area (Å²) in [7, 11) is -3.32. The average Bonchev–Trinajstić information content (AvgIpc) is 2.27. The monoisotopic (exact) mass is 277 g/mol. The number of hydrogen-bond donors (Lipinski definition) is 2. The fourth-order valence-electron chi connectivity index (χ4n) is 1.90. The molecule has 1 heterocycles. The third kappa shape index (κ3) is 3.97. The molecule has 1 saturated heterocycles. The molecule has 1 aliphatic heterocycles. The minimum atomic E-state index is -3.32. The molecule has 7 heteroatoms. The van der Waals surface area contributed by atoms with Crippen LogP contribution in [0.4, 0.5) is 0 Å². The van der Waals surface area contributed by atoms with Gasteiger partial charge in [-0.25, -0.2) is 8.42 Å². The van der Waals surface area contributed by atoms with Gasteiger partial charge in [-0.15, -0.1) is 0 Å². The number of aliphatic carboxylic acids is 1. The Balaban J connectivity index is 2.43. The van der Waals surface area contributed by atoms with Crippen LogP contribution in [0, 0.1) is 5.92 Å². The number of hydrogen-bond acceptors (Lipinski definition) is 4. The van der Waals surface area contributed by atoms with Crippen LogP contribution in [0.3, 0.4) is 0 Å². The Morgan fingerprint density at radius 1 is 1.39 bits per heavy atom. The lowest BCUT2D eigenvalue weighted by Crippen LogP contribution is -2.43. The van der Waals surface area contributed by atoms with Crippen LogP contribution in [-0.4, -0.2) is 42.9 Å². The molecule has 0 bridgehead atoms. The number of carboxylic acid groups (broad SMARTS) is 1. The molecule has 0 radical (unpaired) electrons. The quantitative estimate of drug-likeness (QED) is 0.746. The smallest absolute Gasteiger partial charge is 0.306 e.